The molecule has 0 aromatic carbocycles. The number of hydrogen-bond donors (Lipinski definition) is 2. The second-order valence-electron chi connectivity index (χ2n) is 5.42. The fourth-order valence-electron chi connectivity index (χ4n) is 2.81. The number of hydrogen-bond acceptors (Lipinski definition) is 2. The number of aliphatic hydroxyl groups is 1. The monoisotopic (exact) mass is 228 g/mol. The summed E-state index contributed by atoms with van der Waals surface area (Å²) >= 11 is 0. The molecule has 2 atom stereocenters. The van der Waals surface area contributed by atoms with E-state index in [1.165, 1.54) is 19.3 Å². The molecule has 0 saturated heterocycles. The lowest BCUT2D eigenvalue weighted by atomic mass is 9.80. The van der Waals surface area contributed by atoms with Crippen LogP contribution in [0.2, 0.25) is 0 Å². The Balaban J connectivity index is 2.47. The zero-order chi connectivity index (χ0) is 12.1. The van der Waals surface area contributed by atoms with Crippen molar-refractivity contribution in [3.05, 3.63) is 0 Å². The van der Waals surface area contributed by atoms with Gasteiger partial charge in [0.05, 0.1) is 12.0 Å². The summed E-state index contributed by atoms with van der Waals surface area (Å²) in [6.07, 6.45) is 6.05. The maximum Gasteiger partial charge on any atom is 0.309 e. The Labute approximate surface area is 97.9 Å². The normalized spacial score (nSPS) is 22.0. The van der Waals surface area contributed by atoms with Crippen LogP contribution in [-0.2, 0) is 4.79 Å². The molecule has 16 heavy (non-hydrogen) atoms. The molecule has 0 heterocycles. The van der Waals surface area contributed by atoms with Crippen LogP contribution in [-0.4, -0.2) is 22.3 Å². The van der Waals surface area contributed by atoms with Gasteiger partial charge in [0.2, 0.25) is 0 Å². The summed E-state index contributed by atoms with van der Waals surface area (Å²) in [5.41, 5.74) is 0. The van der Waals surface area contributed by atoms with Crippen LogP contribution in [0.3, 0.4) is 0 Å². The second kappa shape index (κ2) is 6.24. The van der Waals surface area contributed by atoms with E-state index >= 15 is 0 Å². The van der Waals surface area contributed by atoms with Crippen LogP contribution in [0, 0.1) is 17.8 Å². The molecule has 0 spiro atoms. The lowest BCUT2D eigenvalue weighted by Gasteiger charge is -2.28. The van der Waals surface area contributed by atoms with Crippen molar-refractivity contribution < 1.29 is 15.0 Å². The summed E-state index contributed by atoms with van der Waals surface area (Å²) in [5, 5.41) is 19.1. The van der Waals surface area contributed by atoms with Crippen LogP contribution in [0.25, 0.3) is 0 Å². The van der Waals surface area contributed by atoms with Crippen molar-refractivity contribution in [3.8, 4) is 0 Å². The minimum Gasteiger partial charge on any atom is -0.481 e. The van der Waals surface area contributed by atoms with E-state index in [0.717, 1.165) is 12.8 Å². The zero-order valence-corrected chi connectivity index (χ0v) is 10.4. The molecule has 1 aliphatic rings. The van der Waals surface area contributed by atoms with Crippen LogP contribution in [0.1, 0.15) is 52.4 Å². The van der Waals surface area contributed by atoms with Crippen molar-refractivity contribution in [2.45, 2.75) is 58.5 Å². The van der Waals surface area contributed by atoms with Gasteiger partial charge in [0.1, 0.15) is 0 Å². The highest BCUT2D eigenvalue weighted by atomic mass is 16.4. The first-order valence-electron chi connectivity index (χ1n) is 6.43. The Morgan fingerprint density at radius 2 is 1.81 bits per heavy atom. The van der Waals surface area contributed by atoms with E-state index < -0.39 is 18.0 Å². The highest BCUT2D eigenvalue weighted by Crippen LogP contribution is 2.30. The minimum absolute atomic E-state index is 0.00362. The molecule has 0 radical (unpaired) electrons. The molecule has 3 heteroatoms. The zero-order valence-electron chi connectivity index (χ0n) is 10.4. The average Bonchev–Trinajstić information content (AvgIpc) is 2.17. The van der Waals surface area contributed by atoms with E-state index in [0.29, 0.717) is 12.3 Å². The molecule has 0 bridgehead atoms. The lowest BCUT2D eigenvalue weighted by molar-refractivity contribution is -0.148. The molecule has 2 N–H and O–H groups in total. The van der Waals surface area contributed by atoms with Crippen LogP contribution in [0.4, 0.5) is 0 Å². The van der Waals surface area contributed by atoms with E-state index in [4.69, 9.17) is 5.11 Å². The fraction of sp³-hybridized carbons (Fsp3) is 0.923. The Morgan fingerprint density at radius 3 is 2.25 bits per heavy atom. The largest absolute Gasteiger partial charge is 0.481 e. The highest BCUT2D eigenvalue weighted by molar-refractivity contribution is 5.70. The Kier molecular flexibility index (Phi) is 5.26. The minimum atomic E-state index is -0.863. The average molecular weight is 228 g/mol. The van der Waals surface area contributed by atoms with Crippen molar-refractivity contribution in [2.24, 2.45) is 17.8 Å². The standard InChI is InChI=1S/C13H24O3/c1-9(2)12(13(15)16)11(14)8-10-6-4-3-5-7-10/h9-12,14H,3-8H2,1-2H3,(H,15,16). The fourth-order valence-corrected chi connectivity index (χ4v) is 2.81. The molecular weight excluding hydrogens is 204 g/mol. The lowest BCUT2D eigenvalue weighted by Crippen LogP contribution is -2.34. The van der Waals surface area contributed by atoms with Gasteiger partial charge in [0.25, 0.3) is 0 Å². The van der Waals surface area contributed by atoms with Gasteiger partial charge in [0.15, 0.2) is 0 Å². The first-order valence-corrected chi connectivity index (χ1v) is 6.43. The topological polar surface area (TPSA) is 57.5 Å². The van der Waals surface area contributed by atoms with Gasteiger partial charge in [-0.25, -0.2) is 0 Å². The van der Waals surface area contributed by atoms with E-state index in [1.807, 2.05) is 13.8 Å². The van der Waals surface area contributed by atoms with Crippen LogP contribution >= 0.6 is 0 Å². The van der Waals surface area contributed by atoms with Crippen molar-refractivity contribution in [2.75, 3.05) is 0 Å². The number of carboxylic acid groups (broad SMARTS) is 1. The summed E-state index contributed by atoms with van der Waals surface area (Å²) in [6, 6.07) is 0. The van der Waals surface area contributed by atoms with Crippen molar-refractivity contribution in [1.29, 1.82) is 0 Å². The summed E-state index contributed by atoms with van der Waals surface area (Å²) in [4.78, 5) is 11.1. The van der Waals surface area contributed by atoms with Crippen LogP contribution < -0.4 is 0 Å². The second-order valence-corrected chi connectivity index (χ2v) is 5.42. The van der Waals surface area contributed by atoms with Gasteiger partial charge >= 0.3 is 5.97 Å². The number of carbonyl (C=O) groups is 1. The number of aliphatic carboxylic acids is 1. The summed E-state index contributed by atoms with van der Waals surface area (Å²) in [7, 11) is 0. The van der Waals surface area contributed by atoms with E-state index in [2.05, 4.69) is 0 Å². The third-order valence-corrected chi connectivity index (χ3v) is 3.72. The molecule has 0 aliphatic heterocycles. The van der Waals surface area contributed by atoms with E-state index in [1.54, 1.807) is 0 Å². The summed E-state index contributed by atoms with van der Waals surface area (Å²) in [6.45, 7) is 3.73. The van der Waals surface area contributed by atoms with Crippen molar-refractivity contribution in [3.63, 3.8) is 0 Å². The molecule has 1 saturated carbocycles. The predicted octanol–water partition coefficient (Wildman–Crippen LogP) is 2.67. The van der Waals surface area contributed by atoms with Crippen molar-refractivity contribution >= 4 is 5.97 Å². The van der Waals surface area contributed by atoms with Crippen molar-refractivity contribution in [1.82, 2.24) is 0 Å². The molecule has 1 fully saturated rings. The first kappa shape index (κ1) is 13.5. The van der Waals surface area contributed by atoms with Gasteiger partial charge < -0.3 is 10.2 Å². The van der Waals surface area contributed by atoms with Gasteiger partial charge in [-0.1, -0.05) is 46.0 Å². The maximum atomic E-state index is 11.1. The number of rotatable bonds is 5. The third-order valence-electron chi connectivity index (χ3n) is 3.72. The van der Waals surface area contributed by atoms with Gasteiger partial charge in [-0.05, 0) is 18.3 Å². The number of aliphatic hydroxyl groups excluding tert-OH is 1. The van der Waals surface area contributed by atoms with Gasteiger partial charge in [-0.2, -0.15) is 0 Å². The van der Waals surface area contributed by atoms with E-state index in [-0.39, 0.29) is 5.92 Å². The maximum absolute atomic E-state index is 11.1. The van der Waals surface area contributed by atoms with Gasteiger partial charge in [-0.15, -0.1) is 0 Å². The molecule has 2 unspecified atom stereocenters. The van der Waals surface area contributed by atoms with Gasteiger partial charge in [-0.3, -0.25) is 4.79 Å². The SMILES string of the molecule is CC(C)C(C(=O)O)C(O)CC1CCCCC1. The smallest absolute Gasteiger partial charge is 0.309 e. The molecule has 0 aromatic rings. The van der Waals surface area contributed by atoms with Gasteiger partial charge in [0, 0.05) is 0 Å². The number of carboxylic acids is 1. The molecule has 94 valence electrons. The van der Waals surface area contributed by atoms with E-state index in [9.17, 15) is 9.90 Å². The Bertz CT molecular complexity index is 219. The van der Waals surface area contributed by atoms with Crippen LogP contribution in [0.15, 0.2) is 0 Å². The van der Waals surface area contributed by atoms with Crippen LogP contribution in [0.5, 0.6) is 0 Å². The quantitative estimate of drug-likeness (QED) is 0.760. The molecule has 1 rings (SSSR count). The first-order chi connectivity index (χ1) is 7.52. The third kappa shape index (κ3) is 3.78. The highest BCUT2D eigenvalue weighted by Gasteiger charge is 2.31. The Morgan fingerprint density at radius 1 is 1.25 bits per heavy atom. The molecule has 0 aromatic heterocycles. The molecule has 0 amide bonds. The summed E-state index contributed by atoms with van der Waals surface area (Å²) in [5.74, 6) is -0.944. The molecule has 1 aliphatic carbocycles. The molecular formula is C13H24O3. The Hall–Kier alpha value is -0.570. The summed E-state index contributed by atoms with van der Waals surface area (Å²) < 4.78 is 0. The predicted molar refractivity (Wildman–Crippen MR) is 63.2 cm³/mol. The molecule has 3 nitrogen and oxygen atoms in total.